The fourth-order valence-electron chi connectivity index (χ4n) is 1.39. The first-order chi connectivity index (χ1) is 7.34. The monoisotopic (exact) mass is 217 g/mol. The number of nitrogen functional groups attached to an aromatic ring is 1. The average molecular weight is 217 g/mol. The number of aromatic amines is 1. The van der Waals surface area contributed by atoms with Gasteiger partial charge in [0.25, 0.3) is 0 Å². The van der Waals surface area contributed by atoms with Crippen LogP contribution in [0.3, 0.4) is 0 Å². The summed E-state index contributed by atoms with van der Waals surface area (Å²) in [6.07, 6.45) is 3.51. The van der Waals surface area contributed by atoms with Crippen molar-refractivity contribution < 1.29 is 0 Å². The second kappa shape index (κ2) is 3.03. The molecule has 0 aliphatic heterocycles. The maximum atomic E-state index is 5.81. The molecule has 0 saturated heterocycles. The quantitative estimate of drug-likeness (QED) is 0.649. The van der Waals surface area contributed by atoms with Gasteiger partial charge in [0, 0.05) is 17.8 Å². The van der Waals surface area contributed by atoms with E-state index >= 15 is 0 Å². The maximum absolute atomic E-state index is 5.81. The van der Waals surface area contributed by atoms with Crippen LogP contribution in [-0.2, 0) is 0 Å². The Hall–Kier alpha value is -1.95. The number of fused-ring (bicyclic) bond motifs is 1. The van der Waals surface area contributed by atoms with Gasteiger partial charge in [-0.2, -0.15) is 0 Å². The van der Waals surface area contributed by atoms with Crippen LogP contribution in [0.1, 0.15) is 0 Å². The second-order valence-corrected chi connectivity index (χ2v) is 3.90. The number of H-pyrrole nitrogens is 1. The van der Waals surface area contributed by atoms with E-state index in [2.05, 4.69) is 19.9 Å². The van der Waals surface area contributed by atoms with Crippen LogP contribution in [0.4, 0.5) is 5.82 Å². The fraction of sp³-hybridized carbons (Fsp3) is 0. The Balaban J connectivity index is 2.29. The normalized spacial score (nSPS) is 10.9. The zero-order valence-electron chi connectivity index (χ0n) is 7.64. The van der Waals surface area contributed by atoms with Gasteiger partial charge in [0.1, 0.15) is 11.5 Å². The molecule has 3 aromatic heterocycles. The molecular weight excluding hydrogens is 210 g/mol. The van der Waals surface area contributed by atoms with Crippen molar-refractivity contribution in [3.05, 3.63) is 23.8 Å². The van der Waals surface area contributed by atoms with Crippen LogP contribution in [0, 0.1) is 0 Å². The maximum Gasteiger partial charge on any atom is 0.192 e. The lowest BCUT2D eigenvalue weighted by atomic mass is 10.4. The van der Waals surface area contributed by atoms with Gasteiger partial charge >= 0.3 is 0 Å². The highest BCUT2D eigenvalue weighted by Gasteiger charge is 2.09. The van der Waals surface area contributed by atoms with Gasteiger partial charge in [0.15, 0.2) is 10.8 Å². The molecular formula is C9H7N5S. The molecule has 0 bridgehead atoms. The lowest BCUT2D eigenvalue weighted by molar-refractivity contribution is 1.19. The van der Waals surface area contributed by atoms with Crippen molar-refractivity contribution >= 4 is 28.2 Å². The summed E-state index contributed by atoms with van der Waals surface area (Å²) in [5, 5.41) is 3.50. The summed E-state index contributed by atoms with van der Waals surface area (Å²) in [5.74, 6) is 1.05. The van der Waals surface area contributed by atoms with E-state index in [4.69, 9.17) is 5.73 Å². The van der Waals surface area contributed by atoms with Crippen molar-refractivity contribution in [3.8, 4) is 10.8 Å². The van der Waals surface area contributed by atoms with E-state index in [9.17, 15) is 0 Å². The molecule has 0 unspecified atom stereocenters. The van der Waals surface area contributed by atoms with Crippen LogP contribution in [0.15, 0.2) is 23.8 Å². The predicted molar refractivity (Wildman–Crippen MR) is 59.4 cm³/mol. The van der Waals surface area contributed by atoms with E-state index in [-0.39, 0.29) is 0 Å². The number of nitrogens with one attached hydrogen (secondary N) is 1. The number of nitrogens with zero attached hydrogens (tertiary/aromatic N) is 3. The number of hydrogen-bond donors (Lipinski definition) is 2. The van der Waals surface area contributed by atoms with Crippen molar-refractivity contribution in [2.75, 3.05) is 5.73 Å². The summed E-state index contributed by atoms with van der Waals surface area (Å²) in [5.41, 5.74) is 6.56. The van der Waals surface area contributed by atoms with Gasteiger partial charge in [-0.3, -0.25) is 0 Å². The predicted octanol–water partition coefficient (Wildman–Crippen LogP) is 1.66. The molecule has 0 saturated carbocycles. The Kier molecular flexibility index (Phi) is 1.69. The number of aromatic nitrogens is 4. The van der Waals surface area contributed by atoms with Crippen molar-refractivity contribution in [2.45, 2.75) is 0 Å². The van der Waals surface area contributed by atoms with Gasteiger partial charge in [-0.1, -0.05) is 0 Å². The summed E-state index contributed by atoms with van der Waals surface area (Å²) < 4.78 is 0. The van der Waals surface area contributed by atoms with Crippen molar-refractivity contribution in [3.63, 3.8) is 0 Å². The molecule has 0 atom stereocenters. The van der Waals surface area contributed by atoms with Gasteiger partial charge in [0.2, 0.25) is 0 Å². The molecule has 0 amide bonds. The van der Waals surface area contributed by atoms with Crippen molar-refractivity contribution in [1.82, 2.24) is 19.9 Å². The topological polar surface area (TPSA) is 80.5 Å². The van der Waals surface area contributed by atoms with Gasteiger partial charge in [0.05, 0.1) is 5.39 Å². The van der Waals surface area contributed by atoms with E-state index in [0.717, 1.165) is 16.0 Å². The summed E-state index contributed by atoms with van der Waals surface area (Å²) in [4.78, 5) is 15.7. The van der Waals surface area contributed by atoms with E-state index in [1.807, 2.05) is 11.4 Å². The molecule has 6 heteroatoms. The van der Waals surface area contributed by atoms with E-state index in [1.54, 1.807) is 12.4 Å². The third kappa shape index (κ3) is 1.26. The molecule has 3 rings (SSSR count). The Bertz CT molecular complexity index is 598. The second-order valence-electron chi connectivity index (χ2n) is 3.01. The van der Waals surface area contributed by atoms with Gasteiger partial charge in [-0.25, -0.2) is 15.0 Å². The smallest absolute Gasteiger partial charge is 0.192 e. The van der Waals surface area contributed by atoms with E-state index < -0.39 is 0 Å². The standard InChI is InChI=1S/C9H7N5S/c10-6-5-1-2-11-7(5)14-8(13-6)9-12-3-4-15-9/h1-4H,(H3,10,11,13,14). The third-order valence-corrected chi connectivity index (χ3v) is 2.84. The number of nitrogens with two attached hydrogens (primary N) is 1. The number of thiazole rings is 1. The average Bonchev–Trinajstić information content (AvgIpc) is 2.88. The highest BCUT2D eigenvalue weighted by molar-refractivity contribution is 7.13. The minimum Gasteiger partial charge on any atom is -0.383 e. The molecule has 0 fully saturated rings. The zero-order valence-corrected chi connectivity index (χ0v) is 8.45. The summed E-state index contributed by atoms with van der Waals surface area (Å²) in [7, 11) is 0. The van der Waals surface area contributed by atoms with Gasteiger partial charge in [-0.15, -0.1) is 11.3 Å². The largest absolute Gasteiger partial charge is 0.383 e. The van der Waals surface area contributed by atoms with Crippen LogP contribution in [-0.4, -0.2) is 19.9 Å². The molecule has 0 aliphatic carbocycles. The third-order valence-electron chi connectivity index (χ3n) is 2.07. The number of rotatable bonds is 1. The first-order valence-electron chi connectivity index (χ1n) is 4.35. The molecule has 74 valence electrons. The van der Waals surface area contributed by atoms with Crippen molar-refractivity contribution in [2.24, 2.45) is 0 Å². The number of anilines is 1. The lowest BCUT2D eigenvalue weighted by Crippen LogP contribution is -1.96. The Morgan fingerprint density at radius 1 is 1.33 bits per heavy atom. The fourth-order valence-corrected chi connectivity index (χ4v) is 1.96. The first-order valence-corrected chi connectivity index (χ1v) is 5.23. The zero-order chi connectivity index (χ0) is 10.3. The molecule has 15 heavy (non-hydrogen) atoms. The Morgan fingerprint density at radius 2 is 2.27 bits per heavy atom. The van der Waals surface area contributed by atoms with Crippen LogP contribution in [0.25, 0.3) is 21.9 Å². The van der Waals surface area contributed by atoms with Crippen LogP contribution in [0.2, 0.25) is 0 Å². The van der Waals surface area contributed by atoms with Gasteiger partial charge < -0.3 is 10.7 Å². The molecule has 3 aromatic rings. The summed E-state index contributed by atoms with van der Waals surface area (Å²) in [6.45, 7) is 0. The molecule has 3 heterocycles. The minimum atomic E-state index is 0.478. The molecule has 0 aromatic carbocycles. The van der Waals surface area contributed by atoms with E-state index in [1.165, 1.54) is 11.3 Å². The molecule has 0 spiro atoms. The molecule has 3 N–H and O–H groups in total. The summed E-state index contributed by atoms with van der Waals surface area (Å²) in [6, 6.07) is 1.86. The minimum absolute atomic E-state index is 0.478. The van der Waals surface area contributed by atoms with Gasteiger partial charge in [-0.05, 0) is 6.07 Å². The Labute approximate surface area is 89.0 Å². The first kappa shape index (κ1) is 8.37. The summed E-state index contributed by atoms with van der Waals surface area (Å²) >= 11 is 1.49. The molecule has 0 radical (unpaired) electrons. The van der Waals surface area contributed by atoms with Crippen LogP contribution < -0.4 is 5.73 Å². The Morgan fingerprint density at radius 3 is 3.07 bits per heavy atom. The van der Waals surface area contributed by atoms with Crippen LogP contribution >= 0.6 is 11.3 Å². The highest BCUT2D eigenvalue weighted by atomic mass is 32.1. The van der Waals surface area contributed by atoms with Crippen molar-refractivity contribution in [1.29, 1.82) is 0 Å². The molecule has 0 aliphatic rings. The van der Waals surface area contributed by atoms with Crippen LogP contribution in [0.5, 0.6) is 0 Å². The highest BCUT2D eigenvalue weighted by Crippen LogP contribution is 2.23. The van der Waals surface area contributed by atoms with E-state index in [0.29, 0.717) is 11.6 Å². The lowest BCUT2D eigenvalue weighted by Gasteiger charge is -1.98. The SMILES string of the molecule is Nc1nc(-c2nccs2)nc2[nH]ccc12. The number of hydrogen-bond acceptors (Lipinski definition) is 5. The molecule has 5 nitrogen and oxygen atoms in total.